The lowest BCUT2D eigenvalue weighted by molar-refractivity contribution is -0.123. The van der Waals surface area contributed by atoms with Gasteiger partial charge in [-0.2, -0.15) is 4.68 Å². The first-order valence-corrected chi connectivity index (χ1v) is 6.17. The molecule has 0 bridgehead atoms. The Balaban J connectivity index is 2.13. The van der Waals surface area contributed by atoms with E-state index in [4.69, 9.17) is 11.5 Å². The maximum atomic E-state index is 11.8. The second kappa shape index (κ2) is 6.09. The lowest BCUT2D eigenvalue weighted by Crippen LogP contribution is -2.39. The summed E-state index contributed by atoms with van der Waals surface area (Å²) in [6.07, 6.45) is -0.211. The highest BCUT2D eigenvalue weighted by Crippen LogP contribution is 2.14. The van der Waals surface area contributed by atoms with E-state index in [9.17, 15) is 9.59 Å². The average molecular weight is 289 g/mol. The highest BCUT2D eigenvalue weighted by Gasteiger charge is 2.16. The quantitative estimate of drug-likeness (QED) is 0.652. The predicted molar refractivity (Wildman–Crippen MR) is 74.3 cm³/mol. The summed E-state index contributed by atoms with van der Waals surface area (Å²) < 4.78 is 1.53. The Labute approximate surface area is 120 Å². The van der Waals surface area contributed by atoms with Crippen LogP contribution in [0.5, 0.6) is 0 Å². The van der Waals surface area contributed by atoms with Crippen LogP contribution in [0.15, 0.2) is 24.3 Å². The molecule has 9 nitrogen and oxygen atoms in total. The molecule has 2 rings (SSSR count). The zero-order valence-corrected chi connectivity index (χ0v) is 11.4. The minimum Gasteiger partial charge on any atom is -0.370 e. The summed E-state index contributed by atoms with van der Waals surface area (Å²) in [5, 5.41) is 13.8. The first kappa shape index (κ1) is 14.6. The number of anilines is 1. The van der Waals surface area contributed by atoms with E-state index in [2.05, 4.69) is 20.8 Å². The number of carbonyl (C=O) groups is 2. The molecule has 0 spiro atoms. The maximum Gasteiger partial charge on any atom is 0.241 e. The Kier molecular flexibility index (Phi) is 4.24. The molecule has 21 heavy (non-hydrogen) atoms. The molecule has 0 saturated carbocycles. The molecule has 0 aliphatic rings. The van der Waals surface area contributed by atoms with Gasteiger partial charge in [0, 0.05) is 5.69 Å². The molecule has 0 fully saturated rings. The number of tetrazole rings is 1. The predicted octanol–water partition coefficient (Wildman–Crippen LogP) is -0.888. The fraction of sp³-hybridized carbons (Fsp3) is 0.250. The van der Waals surface area contributed by atoms with Crippen LogP contribution in [0.2, 0.25) is 0 Å². The van der Waals surface area contributed by atoms with Crippen LogP contribution >= 0.6 is 0 Å². The Bertz CT molecular complexity index is 667. The molecule has 1 aromatic heterocycles. The van der Waals surface area contributed by atoms with Crippen LogP contribution in [0.4, 0.5) is 5.69 Å². The van der Waals surface area contributed by atoms with Crippen molar-refractivity contribution in [2.45, 2.75) is 19.4 Å². The number of rotatable bonds is 5. The fourth-order valence-corrected chi connectivity index (χ4v) is 1.73. The van der Waals surface area contributed by atoms with Crippen molar-refractivity contribution in [2.24, 2.45) is 11.5 Å². The lowest BCUT2D eigenvalue weighted by Gasteiger charge is -2.11. The monoisotopic (exact) mass is 289 g/mol. The number of nitrogens with one attached hydrogen (secondary N) is 1. The second-order valence-electron chi connectivity index (χ2n) is 4.45. The third kappa shape index (κ3) is 3.60. The first-order valence-electron chi connectivity index (χ1n) is 6.17. The van der Waals surface area contributed by atoms with E-state index < -0.39 is 17.9 Å². The molecule has 1 unspecified atom stereocenters. The van der Waals surface area contributed by atoms with Gasteiger partial charge < -0.3 is 16.8 Å². The highest BCUT2D eigenvalue weighted by molar-refractivity contribution is 5.97. The molecule has 0 radical (unpaired) electrons. The number of primary amides is 1. The van der Waals surface area contributed by atoms with Crippen molar-refractivity contribution in [3.63, 3.8) is 0 Å². The van der Waals surface area contributed by atoms with Gasteiger partial charge >= 0.3 is 0 Å². The van der Waals surface area contributed by atoms with E-state index in [1.165, 1.54) is 4.68 Å². The Morgan fingerprint density at radius 3 is 2.81 bits per heavy atom. The van der Waals surface area contributed by atoms with Gasteiger partial charge in [-0.3, -0.25) is 9.59 Å². The van der Waals surface area contributed by atoms with Crippen molar-refractivity contribution < 1.29 is 9.59 Å². The fourth-order valence-electron chi connectivity index (χ4n) is 1.73. The average Bonchev–Trinajstić information content (AvgIpc) is 2.84. The number of aromatic nitrogens is 4. The zero-order valence-electron chi connectivity index (χ0n) is 11.4. The summed E-state index contributed by atoms with van der Waals surface area (Å²) in [5.74, 6) is -0.501. The summed E-state index contributed by atoms with van der Waals surface area (Å²) in [5.41, 5.74) is 11.8. The van der Waals surface area contributed by atoms with Crippen LogP contribution in [0.3, 0.4) is 0 Å². The molecule has 9 heteroatoms. The summed E-state index contributed by atoms with van der Waals surface area (Å²) in [6.45, 7) is 1.76. The van der Waals surface area contributed by atoms with Gasteiger partial charge in [0.1, 0.15) is 0 Å². The van der Waals surface area contributed by atoms with Gasteiger partial charge in [-0.15, -0.1) is 5.10 Å². The molecule has 0 aliphatic carbocycles. The second-order valence-corrected chi connectivity index (χ2v) is 4.45. The van der Waals surface area contributed by atoms with Gasteiger partial charge in [-0.1, -0.05) is 6.07 Å². The van der Waals surface area contributed by atoms with Crippen LogP contribution in [0, 0.1) is 6.92 Å². The van der Waals surface area contributed by atoms with Crippen molar-refractivity contribution in [1.82, 2.24) is 20.2 Å². The van der Waals surface area contributed by atoms with Crippen LogP contribution in [-0.2, 0) is 9.59 Å². The van der Waals surface area contributed by atoms with Gasteiger partial charge in [-0.25, -0.2) is 0 Å². The molecule has 0 saturated heterocycles. The summed E-state index contributed by atoms with van der Waals surface area (Å²) in [6, 6.07) is 5.94. The molecular formula is C12H15N7O2. The summed E-state index contributed by atoms with van der Waals surface area (Å²) in [7, 11) is 0. The molecule has 2 amide bonds. The largest absolute Gasteiger partial charge is 0.370 e. The highest BCUT2D eigenvalue weighted by atomic mass is 16.2. The Hall–Kier alpha value is -2.81. The molecule has 0 aliphatic heterocycles. The van der Waals surface area contributed by atoms with Crippen molar-refractivity contribution in [2.75, 3.05) is 5.32 Å². The smallest absolute Gasteiger partial charge is 0.241 e. The number of nitrogens with two attached hydrogens (primary N) is 2. The van der Waals surface area contributed by atoms with E-state index >= 15 is 0 Å². The Morgan fingerprint density at radius 1 is 1.43 bits per heavy atom. The third-order valence-electron chi connectivity index (χ3n) is 2.74. The van der Waals surface area contributed by atoms with Crippen molar-refractivity contribution in [3.8, 4) is 5.69 Å². The van der Waals surface area contributed by atoms with E-state index in [1.54, 1.807) is 31.2 Å². The topological polar surface area (TPSA) is 142 Å². The maximum absolute atomic E-state index is 11.8. The van der Waals surface area contributed by atoms with Gasteiger partial charge in [0.2, 0.25) is 11.8 Å². The van der Waals surface area contributed by atoms with Crippen LogP contribution in [0.1, 0.15) is 12.2 Å². The summed E-state index contributed by atoms with van der Waals surface area (Å²) in [4.78, 5) is 22.6. The minimum atomic E-state index is -0.985. The normalized spacial score (nSPS) is 11.9. The summed E-state index contributed by atoms with van der Waals surface area (Å²) >= 11 is 0. The van der Waals surface area contributed by atoms with Gasteiger partial charge in [0.15, 0.2) is 5.82 Å². The van der Waals surface area contributed by atoms with E-state index in [0.717, 1.165) is 0 Å². The molecule has 2 aromatic rings. The van der Waals surface area contributed by atoms with Gasteiger partial charge in [-0.05, 0) is 35.5 Å². The molecule has 1 aromatic carbocycles. The van der Waals surface area contributed by atoms with Crippen molar-refractivity contribution in [1.29, 1.82) is 0 Å². The van der Waals surface area contributed by atoms with Crippen LogP contribution in [0.25, 0.3) is 5.69 Å². The minimum absolute atomic E-state index is 0.211. The lowest BCUT2D eigenvalue weighted by atomic mass is 10.2. The van der Waals surface area contributed by atoms with E-state index in [-0.39, 0.29) is 6.42 Å². The van der Waals surface area contributed by atoms with Gasteiger partial charge in [0.05, 0.1) is 18.2 Å². The number of nitrogens with zero attached hydrogens (tertiary/aromatic N) is 4. The van der Waals surface area contributed by atoms with Crippen molar-refractivity contribution in [3.05, 3.63) is 30.1 Å². The molecular weight excluding hydrogens is 274 g/mol. The number of hydrogen-bond acceptors (Lipinski definition) is 6. The standard InChI is InChI=1S/C12H15N7O2/c1-7-16-17-18-19(7)9-4-2-3-8(5-9)15-12(21)10(13)6-11(14)20/h2-5,10H,6,13H2,1H3,(H2,14,20)(H,15,21). The SMILES string of the molecule is Cc1nnnn1-c1cccc(NC(=O)C(N)CC(N)=O)c1. The van der Waals surface area contributed by atoms with Crippen LogP contribution < -0.4 is 16.8 Å². The number of amides is 2. The zero-order chi connectivity index (χ0) is 15.4. The van der Waals surface area contributed by atoms with Gasteiger partial charge in [0.25, 0.3) is 0 Å². The number of hydrogen-bond donors (Lipinski definition) is 3. The Morgan fingerprint density at radius 2 is 2.19 bits per heavy atom. The van der Waals surface area contributed by atoms with E-state index in [0.29, 0.717) is 17.2 Å². The molecule has 1 heterocycles. The number of carbonyl (C=O) groups excluding carboxylic acids is 2. The first-order chi connectivity index (χ1) is 9.97. The molecule has 110 valence electrons. The van der Waals surface area contributed by atoms with E-state index in [1.807, 2.05) is 0 Å². The molecule has 1 atom stereocenters. The number of aryl methyl sites for hydroxylation is 1. The molecule has 5 N–H and O–H groups in total. The number of benzene rings is 1. The van der Waals surface area contributed by atoms with Crippen molar-refractivity contribution >= 4 is 17.5 Å². The van der Waals surface area contributed by atoms with Crippen LogP contribution in [-0.4, -0.2) is 38.1 Å². The third-order valence-corrected chi connectivity index (χ3v) is 2.74.